The molecule has 88 valence electrons. The minimum absolute atomic E-state index is 0.225. The summed E-state index contributed by atoms with van der Waals surface area (Å²) < 4.78 is 4.79. The maximum atomic E-state index is 11.6. The molecule has 2 rings (SSSR count). The van der Waals surface area contributed by atoms with Crippen LogP contribution < -0.4 is 0 Å². The maximum Gasteiger partial charge on any atom is 0.319 e. The Bertz CT molecular complexity index is 443. The van der Waals surface area contributed by atoms with Gasteiger partial charge in [-0.2, -0.15) is 0 Å². The van der Waals surface area contributed by atoms with Crippen molar-refractivity contribution in [1.29, 1.82) is 0 Å². The Balaban J connectivity index is 2.19. The SMILES string of the molecule is COC(=O)C1(C)C=CC(c2ccccc2)C=C1. The molecule has 17 heavy (non-hydrogen) atoms. The number of methoxy groups -OCH3 is 1. The summed E-state index contributed by atoms with van der Waals surface area (Å²) in [5.41, 5.74) is 0.604. The zero-order chi connectivity index (χ0) is 12.3. The first kappa shape index (κ1) is 11.6. The predicted molar refractivity (Wildman–Crippen MR) is 67.6 cm³/mol. The molecule has 0 radical (unpaired) electrons. The van der Waals surface area contributed by atoms with Crippen molar-refractivity contribution in [3.8, 4) is 0 Å². The molecular formula is C15H16O2. The molecule has 2 nitrogen and oxygen atoms in total. The summed E-state index contributed by atoms with van der Waals surface area (Å²) in [4.78, 5) is 11.6. The fourth-order valence-corrected chi connectivity index (χ4v) is 1.98. The number of rotatable bonds is 2. The van der Waals surface area contributed by atoms with Crippen molar-refractivity contribution < 1.29 is 9.53 Å². The van der Waals surface area contributed by atoms with Gasteiger partial charge in [0.25, 0.3) is 0 Å². The van der Waals surface area contributed by atoms with Gasteiger partial charge in [0.15, 0.2) is 0 Å². The van der Waals surface area contributed by atoms with E-state index in [9.17, 15) is 4.79 Å². The third-order valence-electron chi connectivity index (χ3n) is 3.11. The lowest BCUT2D eigenvalue weighted by Gasteiger charge is -2.24. The van der Waals surface area contributed by atoms with Gasteiger partial charge in [-0.3, -0.25) is 4.79 Å². The smallest absolute Gasteiger partial charge is 0.319 e. The highest BCUT2D eigenvalue weighted by atomic mass is 16.5. The first-order valence-corrected chi connectivity index (χ1v) is 5.68. The fraction of sp³-hybridized carbons (Fsp3) is 0.267. The lowest BCUT2D eigenvalue weighted by atomic mass is 9.81. The average molecular weight is 228 g/mol. The van der Waals surface area contributed by atoms with Gasteiger partial charge in [0.05, 0.1) is 7.11 Å². The molecule has 0 aliphatic heterocycles. The van der Waals surface area contributed by atoms with Gasteiger partial charge in [-0.1, -0.05) is 54.6 Å². The van der Waals surface area contributed by atoms with Crippen LogP contribution in [0.25, 0.3) is 0 Å². The standard InChI is InChI=1S/C15H16O2/c1-15(14(16)17-2)10-8-13(9-11-15)12-6-4-3-5-7-12/h3-11,13H,1-2H3. The van der Waals surface area contributed by atoms with Crippen LogP contribution in [0.15, 0.2) is 54.6 Å². The molecule has 1 aliphatic rings. The van der Waals surface area contributed by atoms with E-state index in [4.69, 9.17) is 4.74 Å². The highest BCUT2D eigenvalue weighted by molar-refractivity contribution is 5.81. The van der Waals surface area contributed by atoms with E-state index in [1.807, 2.05) is 49.4 Å². The predicted octanol–water partition coefficient (Wildman–Crippen LogP) is 3.08. The molecule has 2 heteroatoms. The van der Waals surface area contributed by atoms with E-state index in [1.54, 1.807) is 0 Å². The van der Waals surface area contributed by atoms with Gasteiger partial charge in [0.2, 0.25) is 0 Å². The van der Waals surface area contributed by atoms with Crippen molar-refractivity contribution >= 4 is 5.97 Å². The second-order valence-electron chi connectivity index (χ2n) is 4.43. The van der Waals surface area contributed by atoms with Crippen LogP contribution in [0.2, 0.25) is 0 Å². The van der Waals surface area contributed by atoms with Gasteiger partial charge < -0.3 is 4.74 Å². The Labute approximate surface area is 102 Å². The minimum Gasteiger partial charge on any atom is -0.468 e. The number of allylic oxidation sites excluding steroid dienone is 2. The van der Waals surface area contributed by atoms with E-state index < -0.39 is 5.41 Å². The highest BCUT2D eigenvalue weighted by Gasteiger charge is 2.31. The van der Waals surface area contributed by atoms with Crippen LogP contribution in [-0.2, 0) is 9.53 Å². The van der Waals surface area contributed by atoms with Crippen molar-refractivity contribution in [2.75, 3.05) is 7.11 Å². The van der Waals surface area contributed by atoms with Gasteiger partial charge in [-0.15, -0.1) is 0 Å². The molecule has 0 saturated heterocycles. The summed E-state index contributed by atoms with van der Waals surface area (Å²) in [6.45, 7) is 1.85. The molecule has 1 aliphatic carbocycles. The van der Waals surface area contributed by atoms with Crippen LogP contribution >= 0.6 is 0 Å². The summed E-state index contributed by atoms with van der Waals surface area (Å²) in [5.74, 6) is 0.0189. The van der Waals surface area contributed by atoms with Crippen molar-refractivity contribution in [3.05, 3.63) is 60.2 Å². The molecule has 0 heterocycles. The van der Waals surface area contributed by atoms with Crippen molar-refractivity contribution in [3.63, 3.8) is 0 Å². The van der Waals surface area contributed by atoms with Gasteiger partial charge in [0.1, 0.15) is 5.41 Å². The third-order valence-corrected chi connectivity index (χ3v) is 3.11. The van der Waals surface area contributed by atoms with Crippen LogP contribution in [0.1, 0.15) is 18.4 Å². The fourth-order valence-electron chi connectivity index (χ4n) is 1.98. The van der Waals surface area contributed by atoms with Crippen molar-refractivity contribution in [1.82, 2.24) is 0 Å². The molecule has 0 N–H and O–H groups in total. The number of carbonyl (C=O) groups excluding carboxylic acids is 1. The van der Waals surface area contributed by atoms with E-state index >= 15 is 0 Å². The lowest BCUT2D eigenvalue weighted by molar-refractivity contribution is -0.146. The van der Waals surface area contributed by atoms with Gasteiger partial charge in [-0.05, 0) is 12.5 Å². The quantitative estimate of drug-likeness (QED) is 0.574. The van der Waals surface area contributed by atoms with Crippen LogP contribution in [0.5, 0.6) is 0 Å². The zero-order valence-corrected chi connectivity index (χ0v) is 10.1. The first-order chi connectivity index (χ1) is 8.15. The van der Waals surface area contributed by atoms with Crippen LogP contribution in [0.3, 0.4) is 0 Å². The second kappa shape index (κ2) is 4.58. The molecule has 0 atom stereocenters. The maximum absolute atomic E-state index is 11.6. The number of hydrogen-bond acceptors (Lipinski definition) is 2. The number of esters is 1. The zero-order valence-electron chi connectivity index (χ0n) is 10.1. The largest absolute Gasteiger partial charge is 0.468 e. The molecule has 1 aromatic carbocycles. The van der Waals surface area contributed by atoms with Crippen molar-refractivity contribution in [2.45, 2.75) is 12.8 Å². The second-order valence-corrected chi connectivity index (χ2v) is 4.43. The molecule has 0 fully saturated rings. The molecule has 0 aromatic heterocycles. The Morgan fingerprint density at radius 3 is 2.29 bits per heavy atom. The molecular weight excluding hydrogens is 212 g/mol. The summed E-state index contributed by atoms with van der Waals surface area (Å²) in [6.07, 6.45) is 7.92. The van der Waals surface area contributed by atoms with Crippen LogP contribution in [-0.4, -0.2) is 13.1 Å². The molecule has 0 bridgehead atoms. The normalized spacial score (nSPS) is 26.8. The topological polar surface area (TPSA) is 26.3 Å². The minimum atomic E-state index is -0.625. The molecule has 0 spiro atoms. The lowest BCUT2D eigenvalue weighted by Crippen LogP contribution is -2.26. The van der Waals surface area contributed by atoms with Crippen LogP contribution in [0, 0.1) is 5.41 Å². The molecule has 0 amide bonds. The van der Waals surface area contributed by atoms with Crippen molar-refractivity contribution in [2.24, 2.45) is 5.41 Å². The Hall–Kier alpha value is -1.83. The van der Waals surface area contributed by atoms with Gasteiger partial charge >= 0.3 is 5.97 Å². The molecule has 1 aromatic rings. The first-order valence-electron chi connectivity index (χ1n) is 5.68. The number of ether oxygens (including phenoxy) is 1. The third kappa shape index (κ3) is 2.31. The van der Waals surface area contributed by atoms with E-state index in [-0.39, 0.29) is 11.9 Å². The number of hydrogen-bond donors (Lipinski definition) is 0. The summed E-state index contributed by atoms with van der Waals surface area (Å²) in [5, 5.41) is 0. The van der Waals surface area contributed by atoms with E-state index in [1.165, 1.54) is 12.7 Å². The van der Waals surface area contributed by atoms with Gasteiger partial charge in [0, 0.05) is 5.92 Å². The summed E-state index contributed by atoms with van der Waals surface area (Å²) in [7, 11) is 1.42. The molecule has 0 saturated carbocycles. The monoisotopic (exact) mass is 228 g/mol. The summed E-state index contributed by atoms with van der Waals surface area (Å²) in [6, 6.07) is 10.2. The van der Waals surface area contributed by atoms with Gasteiger partial charge in [-0.25, -0.2) is 0 Å². The van der Waals surface area contributed by atoms with E-state index in [0.717, 1.165) is 0 Å². The van der Waals surface area contributed by atoms with Crippen LogP contribution in [0.4, 0.5) is 0 Å². The number of benzene rings is 1. The molecule has 0 unspecified atom stereocenters. The highest BCUT2D eigenvalue weighted by Crippen LogP contribution is 2.32. The average Bonchev–Trinajstić information content (AvgIpc) is 2.39. The Morgan fingerprint density at radius 1 is 1.18 bits per heavy atom. The Morgan fingerprint density at radius 2 is 1.76 bits per heavy atom. The summed E-state index contributed by atoms with van der Waals surface area (Å²) >= 11 is 0. The van der Waals surface area contributed by atoms with E-state index in [0.29, 0.717) is 0 Å². The van der Waals surface area contributed by atoms with E-state index in [2.05, 4.69) is 12.1 Å². The number of carbonyl (C=O) groups is 1. The Kier molecular flexibility index (Phi) is 3.14.